The van der Waals surface area contributed by atoms with E-state index in [1.165, 1.54) is 12.8 Å². The second-order valence-corrected chi connectivity index (χ2v) is 6.21. The summed E-state index contributed by atoms with van der Waals surface area (Å²) in [5.41, 5.74) is 2.00. The van der Waals surface area contributed by atoms with Gasteiger partial charge in [-0.2, -0.15) is 0 Å². The number of carbonyl (C=O) groups is 1. The fourth-order valence-electron chi connectivity index (χ4n) is 2.75. The van der Waals surface area contributed by atoms with Crippen molar-refractivity contribution in [3.8, 4) is 0 Å². The van der Waals surface area contributed by atoms with Crippen LogP contribution in [0.5, 0.6) is 0 Å². The molecule has 1 aliphatic rings. The summed E-state index contributed by atoms with van der Waals surface area (Å²) in [4.78, 5) is 12.5. The summed E-state index contributed by atoms with van der Waals surface area (Å²) in [6.45, 7) is 4.28. The van der Waals surface area contributed by atoms with Crippen LogP contribution in [0.3, 0.4) is 0 Å². The first kappa shape index (κ1) is 12.8. The monoisotopic (exact) mass is 294 g/mol. The van der Waals surface area contributed by atoms with Crippen molar-refractivity contribution < 1.29 is 4.79 Å². The Morgan fingerprint density at radius 3 is 2.82 bits per heavy atom. The van der Waals surface area contributed by atoms with Gasteiger partial charge in [-0.25, -0.2) is 0 Å². The van der Waals surface area contributed by atoms with Gasteiger partial charge in [-0.05, 0) is 43.4 Å². The van der Waals surface area contributed by atoms with E-state index in [-0.39, 0.29) is 5.92 Å². The van der Waals surface area contributed by atoms with Crippen molar-refractivity contribution >= 4 is 21.7 Å². The lowest BCUT2D eigenvalue weighted by Crippen LogP contribution is -2.22. The standard InChI is InChI=1S/C15H19BrO/c1-10-4-3-5-12(8-10)15(17)14-9-13(16)7-6-11(14)2/h6-7,9-10,12H,3-5,8H2,1-2H3. The Kier molecular flexibility index (Phi) is 4.03. The van der Waals surface area contributed by atoms with Crippen molar-refractivity contribution in [1.29, 1.82) is 0 Å². The number of hydrogen-bond acceptors (Lipinski definition) is 1. The largest absolute Gasteiger partial charge is 0.294 e. The lowest BCUT2D eigenvalue weighted by molar-refractivity contribution is 0.0867. The average Bonchev–Trinajstić information content (AvgIpc) is 2.31. The minimum atomic E-state index is 0.242. The fraction of sp³-hybridized carbons (Fsp3) is 0.533. The van der Waals surface area contributed by atoms with Crippen LogP contribution in [0.15, 0.2) is 22.7 Å². The molecule has 2 heteroatoms. The van der Waals surface area contributed by atoms with E-state index >= 15 is 0 Å². The van der Waals surface area contributed by atoms with Crippen LogP contribution in [-0.4, -0.2) is 5.78 Å². The zero-order valence-electron chi connectivity index (χ0n) is 10.5. The number of benzene rings is 1. The van der Waals surface area contributed by atoms with Crippen LogP contribution in [-0.2, 0) is 0 Å². The van der Waals surface area contributed by atoms with E-state index < -0.39 is 0 Å². The van der Waals surface area contributed by atoms with E-state index in [0.29, 0.717) is 11.7 Å². The van der Waals surface area contributed by atoms with Gasteiger partial charge < -0.3 is 0 Å². The molecule has 0 N–H and O–H groups in total. The van der Waals surface area contributed by atoms with Crippen LogP contribution in [0.4, 0.5) is 0 Å². The Morgan fingerprint density at radius 2 is 2.12 bits per heavy atom. The van der Waals surface area contributed by atoms with E-state index in [4.69, 9.17) is 0 Å². The van der Waals surface area contributed by atoms with Crippen LogP contribution in [0.1, 0.15) is 48.5 Å². The zero-order chi connectivity index (χ0) is 12.4. The number of halogens is 1. The maximum absolute atomic E-state index is 12.5. The molecule has 0 bridgehead atoms. The van der Waals surface area contributed by atoms with E-state index in [9.17, 15) is 4.79 Å². The third-order valence-electron chi connectivity index (χ3n) is 3.77. The summed E-state index contributed by atoms with van der Waals surface area (Å²) < 4.78 is 0.996. The maximum Gasteiger partial charge on any atom is 0.166 e. The predicted molar refractivity (Wildman–Crippen MR) is 74.3 cm³/mol. The number of aryl methyl sites for hydroxylation is 1. The number of rotatable bonds is 2. The van der Waals surface area contributed by atoms with Gasteiger partial charge in [-0.3, -0.25) is 4.79 Å². The van der Waals surface area contributed by atoms with Crippen LogP contribution in [0, 0.1) is 18.8 Å². The summed E-state index contributed by atoms with van der Waals surface area (Å²) in [7, 11) is 0. The third-order valence-corrected chi connectivity index (χ3v) is 4.27. The molecule has 92 valence electrons. The van der Waals surface area contributed by atoms with Gasteiger partial charge in [0, 0.05) is 16.0 Å². The molecule has 1 aromatic rings. The summed E-state index contributed by atoms with van der Waals surface area (Å²) in [6.07, 6.45) is 4.60. The number of hydrogen-bond donors (Lipinski definition) is 0. The highest BCUT2D eigenvalue weighted by molar-refractivity contribution is 9.10. The quantitative estimate of drug-likeness (QED) is 0.718. The molecule has 0 spiro atoms. The molecule has 0 radical (unpaired) electrons. The van der Waals surface area contributed by atoms with E-state index in [0.717, 1.165) is 28.4 Å². The maximum atomic E-state index is 12.5. The molecule has 0 heterocycles. The fourth-order valence-corrected chi connectivity index (χ4v) is 3.11. The topological polar surface area (TPSA) is 17.1 Å². The first-order chi connectivity index (χ1) is 8.08. The molecule has 2 atom stereocenters. The third kappa shape index (κ3) is 2.98. The summed E-state index contributed by atoms with van der Waals surface area (Å²) in [5, 5.41) is 0. The Hall–Kier alpha value is -0.630. The number of carbonyl (C=O) groups excluding carboxylic acids is 1. The van der Waals surface area contributed by atoms with Crippen molar-refractivity contribution in [3.05, 3.63) is 33.8 Å². The Balaban J connectivity index is 2.21. The van der Waals surface area contributed by atoms with Crippen LogP contribution >= 0.6 is 15.9 Å². The van der Waals surface area contributed by atoms with Crippen LogP contribution in [0.2, 0.25) is 0 Å². The van der Waals surface area contributed by atoms with Crippen molar-refractivity contribution in [2.24, 2.45) is 11.8 Å². The molecule has 0 aliphatic heterocycles. The summed E-state index contributed by atoms with van der Waals surface area (Å²) >= 11 is 3.45. The Labute approximate surface area is 112 Å². The molecular weight excluding hydrogens is 276 g/mol. The SMILES string of the molecule is Cc1ccc(Br)cc1C(=O)C1CCCC(C)C1. The van der Waals surface area contributed by atoms with Crippen molar-refractivity contribution in [2.75, 3.05) is 0 Å². The van der Waals surface area contributed by atoms with Gasteiger partial charge in [0.15, 0.2) is 5.78 Å². The molecule has 2 rings (SSSR count). The number of Topliss-reactive ketones (excluding diaryl/α,β-unsaturated/α-hetero) is 1. The minimum Gasteiger partial charge on any atom is -0.294 e. The van der Waals surface area contributed by atoms with Crippen molar-refractivity contribution in [2.45, 2.75) is 39.5 Å². The highest BCUT2D eigenvalue weighted by Gasteiger charge is 2.26. The summed E-state index contributed by atoms with van der Waals surface area (Å²) in [6, 6.07) is 5.98. The highest BCUT2D eigenvalue weighted by atomic mass is 79.9. The Morgan fingerprint density at radius 1 is 1.35 bits per heavy atom. The normalized spacial score (nSPS) is 24.6. The first-order valence-electron chi connectivity index (χ1n) is 6.38. The average molecular weight is 295 g/mol. The zero-order valence-corrected chi connectivity index (χ0v) is 12.1. The molecule has 1 aromatic carbocycles. The number of ketones is 1. The van der Waals surface area contributed by atoms with Gasteiger partial charge in [0.05, 0.1) is 0 Å². The summed E-state index contributed by atoms with van der Waals surface area (Å²) in [5.74, 6) is 1.28. The van der Waals surface area contributed by atoms with Gasteiger partial charge in [-0.15, -0.1) is 0 Å². The second kappa shape index (κ2) is 5.34. The minimum absolute atomic E-state index is 0.242. The molecule has 17 heavy (non-hydrogen) atoms. The molecule has 0 amide bonds. The van der Waals surface area contributed by atoms with Crippen molar-refractivity contribution in [3.63, 3.8) is 0 Å². The molecule has 1 saturated carbocycles. The lowest BCUT2D eigenvalue weighted by Gasteiger charge is -2.26. The van der Waals surface area contributed by atoms with Gasteiger partial charge in [0.2, 0.25) is 0 Å². The predicted octanol–water partition coefficient (Wildman–Crippen LogP) is 4.77. The van der Waals surface area contributed by atoms with Gasteiger partial charge >= 0.3 is 0 Å². The van der Waals surface area contributed by atoms with E-state index in [1.807, 2.05) is 25.1 Å². The molecule has 0 saturated heterocycles. The second-order valence-electron chi connectivity index (χ2n) is 5.29. The van der Waals surface area contributed by atoms with Gasteiger partial charge in [0.1, 0.15) is 0 Å². The van der Waals surface area contributed by atoms with Crippen molar-refractivity contribution in [1.82, 2.24) is 0 Å². The lowest BCUT2D eigenvalue weighted by atomic mass is 9.78. The Bertz CT molecular complexity index is 425. The van der Waals surface area contributed by atoms with E-state index in [2.05, 4.69) is 22.9 Å². The highest BCUT2D eigenvalue weighted by Crippen LogP contribution is 2.32. The molecule has 2 unspecified atom stereocenters. The van der Waals surface area contributed by atoms with Crippen LogP contribution in [0.25, 0.3) is 0 Å². The first-order valence-corrected chi connectivity index (χ1v) is 7.17. The van der Waals surface area contributed by atoms with E-state index in [1.54, 1.807) is 0 Å². The molecule has 1 nitrogen and oxygen atoms in total. The molecule has 0 aromatic heterocycles. The molecule has 1 aliphatic carbocycles. The smallest absolute Gasteiger partial charge is 0.166 e. The van der Waals surface area contributed by atoms with Gasteiger partial charge in [-0.1, -0.05) is 41.8 Å². The van der Waals surface area contributed by atoms with Crippen LogP contribution < -0.4 is 0 Å². The molecule has 1 fully saturated rings. The molecular formula is C15H19BrO. The van der Waals surface area contributed by atoms with Gasteiger partial charge in [0.25, 0.3) is 0 Å².